The number of nitrogens with two attached hydrogens (primary N) is 2. The lowest BCUT2D eigenvalue weighted by atomic mass is 10.1. The molecule has 0 rings (SSSR count). The van der Waals surface area contributed by atoms with Gasteiger partial charge in [0.05, 0.1) is 19.3 Å². The number of rotatable bonds is 14. The summed E-state index contributed by atoms with van der Waals surface area (Å²) < 4.78 is 5.47. The zero-order chi connectivity index (χ0) is 17.5. The van der Waals surface area contributed by atoms with Crippen molar-refractivity contribution in [1.29, 1.82) is 0 Å². The van der Waals surface area contributed by atoms with Gasteiger partial charge in [-0.1, -0.05) is 18.6 Å². The maximum atomic E-state index is 11.1. The van der Waals surface area contributed by atoms with Crippen LogP contribution in [0.5, 0.6) is 0 Å². The minimum Gasteiger partial charge on any atom is -0.375 e. The summed E-state index contributed by atoms with van der Waals surface area (Å²) in [5.74, 6) is -0.801. The fourth-order valence-electron chi connectivity index (χ4n) is 2.00. The van der Waals surface area contributed by atoms with Crippen LogP contribution in [0.1, 0.15) is 51.9 Å². The highest BCUT2D eigenvalue weighted by atomic mass is 16.5. The van der Waals surface area contributed by atoms with Crippen LogP contribution >= 0.6 is 0 Å². The van der Waals surface area contributed by atoms with Crippen molar-refractivity contribution in [3.63, 3.8) is 0 Å². The van der Waals surface area contributed by atoms with Crippen molar-refractivity contribution in [3.8, 4) is 0 Å². The topological polar surface area (TPSA) is 125 Å². The first-order valence-electron chi connectivity index (χ1n) is 7.98. The maximum Gasteiger partial charge on any atom is 0.217 e. The third-order valence-corrected chi connectivity index (χ3v) is 3.14. The number of nitrogens with one attached hydrogen (secondary N) is 1. The Morgan fingerprint density at radius 3 is 2.35 bits per heavy atom. The van der Waals surface area contributed by atoms with E-state index < -0.39 is 5.91 Å². The van der Waals surface area contributed by atoms with Crippen LogP contribution in [0.15, 0.2) is 12.2 Å². The van der Waals surface area contributed by atoms with Crippen molar-refractivity contribution in [1.82, 2.24) is 5.32 Å². The summed E-state index contributed by atoms with van der Waals surface area (Å²) in [6.07, 6.45) is 8.84. The second kappa shape index (κ2) is 13.8. The van der Waals surface area contributed by atoms with Gasteiger partial charge >= 0.3 is 0 Å². The van der Waals surface area contributed by atoms with Gasteiger partial charge in [0, 0.05) is 19.8 Å². The summed E-state index contributed by atoms with van der Waals surface area (Å²) in [6.45, 7) is 2.22. The maximum absolute atomic E-state index is 11.1. The number of allylic oxidation sites excluding steroid dienone is 1. The Hall–Kier alpha value is -1.89. The molecule has 0 heterocycles. The van der Waals surface area contributed by atoms with Crippen molar-refractivity contribution in [3.05, 3.63) is 12.2 Å². The van der Waals surface area contributed by atoms with Gasteiger partial charge in [0.25, 0.3) is 0 Å². The minimum atomic E-state index is -0.392. The number of hydrogen-bond donors (Lipinski definition) is 3. The first-order valence-corrected chi connectivity index (χ1v) is 7.98. The van der Waals surface area contributed by atoms with Gasteiger partial charge in [0.15, 0.2) is 0 Å². The van der Waals surface area contributed by atoms with E-state index in [0.29, 0.717) is 26.1 Å². The molecule has 0 unspecified atom stereocenters. The summed E-state index contributed by atoms with van der Waals surface area (Å²) in [5, 5.41) is 2.74. The van der Waals surface area contributed by atoms with Gasteiger partial charge in [0.1, 0.15) is 0 Å². The molecule has 0 saturated carbocycles. The molecule has 7 nitrogen and oxygen atoms in total. The van der Waals surface area contributed by atoms with Gasteiger partial charge in [-0.3, -0.25) is 14.4 Å². The number of carbonyl (C=O) groups is 3. The molecule has 0 aromatic rings. The number of carbonyl (C=O) groups excluding carboxylic acids is 3. The molecule has 0 radical (unpaired) electrons. The van der Waals surface area contributed by atoms with Crippen LogP contribution in [0.3, 0.4) is 0 Å². The van der Waals surface area contributed by atoms with E-state index in [1.807, 2.05) is 12.2 Å². The zero-order valence-corrected chi connectivity index (χ0v) is 13.9. The molecule has 0 aliphatic heterocycles. The van der Waals surface area contributed by atoms with E-state index in [0.717, 1.165) is 25.7 Å². The Morgan fingerprint density at radius 1 is 1.04 bits per heavy atom. The minimum absolute atomic E-state index is 0.158. The SMILES string of the molecule is CC(=O)N[C@@H](CCC(N)=O)COC/C=C\CCCCCC(N)=O. The first kappa shape index (κ1) is 21.1. The number of primary amides is 2. The smallest absolute Gasteiger partial charge is 0.217 e. The fourth-order valence-corrected chi connectivity index (χ4v) is 2.00. The number of ether oxygens (including phenoxy) is 1. The fraction of sp³-hybridized carbons (Fsp3) is 0.688. The third-order valence-electron chi connectivity index (χ3n) is 3.14. The molecule has 0 bridgehead atoms. The molecule has 0 spiro atoms. The molecular weight excluding hydrogens is 298 g/mol. The van der Waals surface area contributed by atoms with E-state index >= 15 is 0 Å². The van der Waals surface area contributed by atoms with Crippen molar-refractivity contribution >= 4 is 17.7 Å². The van der Waals surface area contributed by atoms with Gasteiger partial charge in [0.2, 0.25) is 17.7 Å². The summed E-state index contributed by atoms with van der Waals surface area (Å²) in [5.41, 5.74) is 10.2. The molecule has 7 heteroatoms. The van der Waals surface area contributed by atoms with Crippen LogP contribution in [0.25, 0.3) is 0 Å². The van der Waals surface area contributed by atoms with Crippen LogP contribution < -0.4 is 16.8 Å². The Morgan fingerprint density at radius 2 is 1.74 bits per heavy atom. The Labute approximate surface area is 137 Å². The molecule has 1 atom stereocenters. The molecule has 5 N–H and O–H groups in total. The lowest BCUT2D eigenvalue weighted by Crippen LogP contribution is -2.37. The van der Waals surface area contributed by atoms with E-state index in [2.05, 4.69) is 5.32 Å². The number of unbranched alkanes of at least 4 members (excludes halogenated alkanes) is 3. The molecule has 132 valence electrons. The molecule has 0 aromatic heterocycles. The van der Waals surface area contributed by atoms with Crippen molar-refractivity contribution in [2.45, 2.75) is 57.9 Å². The molecule has 23 heavy (non-hydrogen) atoms. The standard InChI is InChI=1S/C16H29N3O4/c1-13(20)19-14(9-10-16(18)22)12-23-11-7-5-3-2-4-6-8-15(17)21/h5,7,14H,2-4,6,8-12H2,1H3,(H2,17,21)(H2,18,22)(H,19,20)/b7-5-/t14-/m0/s1. The van der Waals surface area contributed by atoms with E-state index in [4.69, 9.17) is 16.2 Å². The summed E-state index contributed by atoms with van der Waals surface area (Å²) in [4.78, 5) is 32.4. The summed E-state index contributed by atoms with van der Waals surface area (Å²) in [7, 11) is 0. The molecule has 0 fully saturated rings. The Bertz CT molecular complexity index is 397. The van der Waals surface area contributed by atoms with Crippen LogP contribution in [0.2, 0.25) is 0 Å². The molecule has 3 amide bonds. The van der Waals surface area contributed by atoms with Crippen LogP contribution in [0.4, 0.5) is 0 Å². The van der Waals surface area contributed by atoms with Crippen molar-refractivity contribution in [2.24, 2.45) is 11.5 Å². The Balaban J connectivity index is 3.70. The monoisotopic (exact) mass is 327 g/mol. The van der Waals surface area contributed by atoms with Crippen molar-refractivity contribution in [2.75, 3.05) is 13.2 Å². The predicted octanol–water partition coefficient (Wildman–Crippen LogP) is 0.765. The van der Waals surface area contributed by atoms with Gasteiger partial charge < -0.3 is 21.5 Å². The number of hydrogen-bond acceptors (Lipinski definition) is 4. The lowest BCUT2D eigenvalue weighted by molar-refractivity contribution is -0.121. The Kier molecular flexibility index (Phi) is 12.6. The summed E-state index contributed by atoms with van der Waals surface area (Å²) >= 11 is 0. The molecular formula is C16H29N3O4. The second-order valence-corrected chi connectivity index (χ2v) is 5.48. The largest absolute Gasteiger partial charge is 0.375 e. The summed E-state index contributed by atoms with van der Waals surface area (Å²) in [6, 6.07) is -0.206. The average Bonchev–Trinajstić information content (AvgIpc) is 2.45. The zero-order valence-electron chi connectivity index (χ0n) is 13.9. The quantitative estimate of drug-likeness (QED) is 0.322. The average molecular weight is 327 g/mol. The molecule has 0 saturated heterocycles. The molecule has 0 aliphatic carbocycles. The van der Waals surface area contributed by atoms with Crippen molar-refractivity contribution < 1.29 is 19.1 Å². The van der Waals surface area contributed by atoms with Crippen LogP contribution in [-0.2, 0) is 19.1 Å². The van der Waals surface area contributed by atoms with Gasteiger partial charge in [-0.15, -0.1) is 0 Å². The van der Waals surface area contributed by atoms with E-state index in [1.165, 1.54) is 6.92 Å². The van der Waals surface area contributed by atoms with Crippen LogP contribution in [-0.4, -0.2) is 37.0 Å². The number of amides is 3. The lowest BCUT2D eigenvalue weighted by Gasteiger charge is -2.16. The van der Waals surface area contributed by atoms with Crippen LogP contribution in [0, 0.1) is 0 Å². The van der Waals surface area contributed by atoms with E-state index in [9.17, 15) is 14.4 Å². The van der Waals surface area contributed by atoms with E-state index in [1.54, 1.807) is 0 Å². The predicted molar refractivity (Wildman–Crippen MR) is 88.3 cm³/mol. The normalized spacial score (nSPS) is 12.2. The highest BCUT2D eigenvalue weighted by Crippen LogP contribution is 2.03. The second-order valence-electron chi connectivity index (χ2n) is 5.48. The van der Waals surface area contributed by atoms with E-state index in [-0.39, 0.29) is 24.3 Å². The highest BCUT2D eigenvalue weighted by molar-refractivity contribution is 5.75. The van der Waals surface area contributed by atoms with Gasteiger partial charge in [-0.25, -0.2) is 0 Å². The molecule has 0 aliphatic rings. The first-order chi connectivity index (χ1) is 10.9. The van der Waals surface area contributed by atoms with Gasteiger partial charge in [-0.2, -0.15) is 0 Å². The van der Waals surface area contributed by atoms with Gasteiger partial charge in [-0.05, 0) is 25.7 Å². The molecule has 0 aromatic carbocycles. The third kappa shape index (κ3) is 16.3. The highest BCUT2D eigenvalue weighted by Gasteiger charge is 2.11.